The molecule has 688 valence electrons. The number of unbranched alkanes of at least 4 members (excludes halogenated alkanes) is 1. The Labute approximate surface area is 732 Å². The largest absolute Gasteiger partial charge is 0.481 e. The lowest BCUT2D eigenvalue weighted by atomic mass is 9.94. The van der Waals surface area contributed by atoms with E-state index in [2.05, 4.69) is 69.1 Å². The molecule has 0 aliphatic rings. The quantitative estimate of drug-likeness (QED) is 0.0280. The smallest absolute Gasteiger partial charge is 0.326 e. The van der Waals surface area contributed by atoms with Crippen molar-refractivity contribution in [3.63, 3.8) is 0 Å². The van der Waals surface area contributed by atoms with Crippen LogP contribution in [0.2, 0.25) is 0 Å². The highest BCUT2D eigenvalue weighted by Crippen LogP contribution is 2.20. The molecule has 4 aromatic carbocycles. The first-order chi connectivity index (χ1) is 59.3. The summed E-state index contributed by atoms with van der Waals surface area (Å²) in [7, 11) is 0. The van der Waals surface area contributed by atoms with Crippen molar-refractivity contribution in [1.29, 1.82) is 0 Å². The van der Waals surface area contributed by atoms with Crippen molar-refractivity contribution in [2.24, 2.45) is 52.7 Å². The fourth-order valence-corrected chi connectivity index (χ4v) is 13.6. The van der Waals surface area contributed by atoms with E-state index in [9.17, 15) is 92.0 Å². The van der Waals surface area contributed by atoms with Crippen LogP contribution in [0.3, 0.4) is 0 Å². The Bertz CT molecular complexity index is 4170. The number of rotatable bonds is 57. The zero-order valence-corrected chi connectivity index (χ0v) is 73.9. The molecule has 0 saturated carbocycles. The highest BCUT2D eigenvalue weighted by Gasteiger charge is 2.41. The molecule has 0 heterocycles. The van der Waals surface area contributed by atoms with E-state index in [1.807, 2.05) is 37.3 Å². The molecule has 0 spiro atoms. The van der Waals surface area contributed by atoms with Crippen LogP contribution in [0.5, 0.6) is 0 Å². The monoisotopic (exact) mass is 1740 g/mol. The van der Waals surface area contributed by atoms with E-state index in [1.165, 1.54) is 0 Å². The lowest BCUT2D eigenvalue weighted by Crippen LogP contribution is -2.63. The number of carbonyl (C=O) groups excluding carboxylic acids is 14. The molecule has 35 heteroatoms. The maximum absolute atomic E-state index is 15.0. The number of nitrogens with two attached hydrogens (primary N) is 3. The Balaban J connectivity index is 1.61. The van der Waals surface area contributed by atoms with Crippen molar-refractivity contribution in [3.05, 3.63) is 144 Å². The zero-order valence-electron chi connectivity index (χ0n) is 73.9. The van der Waals surface area contributed by atoms with Gasteiger partial charge in [-0.1, -0.05) is 237 Å². The highest BCUT2D eigenvalue weighted by atomic mass is 16.4. The predicted octanol–water partition coefficient (Wildman–Crippen LogP) is 1.81. The fourth-order valence-electron chi connectivity index (χ4n) is 13.6. The number of aliphatic hydroxyl groups excluding tert-OH is 1. The van der Waals surface area contributed by atoms with Gasteiger partial charge in [-0.25, -0.2) is 4.79 Å². The van der Waals surface area contributed by atoms with E-state index < -0.39 is 235 Å². The number of carbonyl (C=O) groups is 16. The molecule has 14 amide bonds. The number of nitrogens with one attached hydrogen (secondary N) is 13. The summed E-state index contributed by atoms with van der Waals surface area (Å²) < 4.78 is 0. The molecule has 19 atom stereocenters. The van der Waals surface area contributed by atoms with Crippen LogP contribution in [0.1, 0.15) is 182 Å². The lowest BCUT2D eigenvalue weighted by molar-refractivity contribution is -0.143. The van der Waals surface area contributed by atoms with Crippen LogP contribution in [0, 0.1) is 35.5 Å². The van der Waals surface area contributed by atoms with Gasteiger partial charge in [-0.05, 0) is 103 Å². The van der Waals surface area contributed by atoms with Crippen LogP contribution in [-0.4, -0.2) is 208 Å². The van der Waals surface area contributed by atoms with Crippen molar-refractivity contribution in [2.75, 3.05) is 13.2 Å². The van der Waals surface area contributed by atoms with E-state index in [-0.39, 0.29) is 76.7 Å². The minimum Gasteiger partial charge on any atom is -0.481 e. The second-order valence-corrected chi connectivity index (χ2v) is 32.8. The minimum atomic E-state index is -1.88. The third kappa shape index (κ3) is 36.2. The first kappa shape index (κ1) is 106. The number of carboxylic acid groups (broad SMARTS) is 2. The first-order valence-corrected chi connectivity index (χ1v) is 43.2. The number of primary amides is 1. The second-order valence-electron chi connectivity index (χ2n) is 32.8. The molecular weight excluding hydrogens is 1610 g/mol. The highest BCUT2D eigenvalue weighted by molar-refractivity contribution is 6.01. The van der Waals surface area contributed by atoms with Crippen LogP contribution in [0.15, 0.2) is 121 Å². The topological polar surface area (TPSA) is 568 Å². The van der Waals surface area contributed by atoms with Gasteiger partial charge in [0.15, 0.2) is 0 Å². The van der Waals surface area contributed by atoms with Gasteiger partial charge in [0.2, 0.25) is 82.7 Å². The summed E-state index contributed by atoms with van der Waals surface area (Å²) in [5.41, 5.74) is 20.2. The lowest BCUT2D eigenvalue weighted by Gasteiger charge is -2.32. The van der Waals surface area contributed by atoms with Crippen molar-refractivity contribution >= 4 is 94.6 Å². The van der Waals surface area contributed by atoms with Crippen molar-refractivity contribution < 1.29 is 92.0 Å². The average molecular weight is 1740 g/mol. The Hall–Kier alpha value is -11.7. The molecule has 4 rings (SSSR count). The summed E-state index contributed by atoms with van der Waals surface area (Å²) in [5.74, 6) is -19.1. The number of hydrogen-bond acceptors (Lipinski definition) is 19. The van der Waals surface area contributed by atoms with E-state index >= 15 is 0 Å². The summed E-state index contributed by atoms with van der Waals surface area (Å²) in [6.45, 7) is 19.7. The number of hydrogen-bond donors (Lipinski definition) is 19. The van der Waals surface area contributed by atoms with E-state index in [4.69, 9.17) is 17.2 Å². The van der Waals surface area contributed by atoms with Crippen molar-refractivity contribution in [3.8, 4) is 0 Å². The molecule has 4 aromatic rings. The Morgan fingerprint density at radius 2 is 0.584 bits per heavy atom. The summed E-state index contributed by atoms with van der Waals surface area (Å²) in [6.07, 6.45) is -0.319. The van der Waals surface area contributed by atoms with Gasteiger partial charge in [0.1, 0.15) is 78.5 Å². The summed E-state index contributed by atoms with van der Waals surface area (Å²) in [5, 5.41) is 64.9. The van der Waals surface area contributed by atoms with Gasteiger partial charge in [-0.15, -0.1) is 0 Å². The third-order valence-electron chi connectivity index (χ3n) is 22.4. The van der Waals surface area contributed by atoms with Gasteiger partial charge < -0.3 is 102 Å². The van der Waals surface area contributed by atoms with Crippen LogP contribution in [0.25, 0.3) is 0 Å². The van der Waals surface area contributed by atoms with Crippen molar-refractivity contribution in [1.82, 2.24) is 69.1 Å². The van der Waals surface area contributed by atoms with Gasteiger partial charge in [-0.2, -0.15) is 0 Å². The third-order valence-corrected chi connectivity index (χ3v) is 22.4. The number of carboxylic acids is 2. The molecule has 0 aromatic heterocycles. The fraction of sp³-hybridized carbons (Fsp3) is 0.556. The normalized spacial score (nSPS) is 15.8. The van der Waals surface area contributed by atoms with Crippen molar-refractivity contribution in [2.45, 2.75) is 270 Å². The first-order valence-electron chi connectivity index (χ1n) is 43.2. The predicted molar refractivity (Wildman–Crippen MR) is 469 cm³/mol. The molecule has 35 nitrogen and oxygen atoms in total. The maximum atomic E-state index is 15.0. The van der Waals surface area contributed by atoms with Crippen LogP contribution < -0.4 is 86.3 Å². The van der Waals surface area contributed by atoms with Gasteiger partial charge >= 0.3 is 11.9 Å². The molecule has 0 radical (unpaired) electrons. The van der Waals surface area contributed by atoms with Crippen LogP contribution in [0.4, 0.5) is 0 Å². The number of benzene rings is 4. The molecule has 0 fully saturated rings. The summed E-state index contributed by atoms with van der Waals surface area (Å²) >= 11 is 0. The van der Waals surface area contributed by atoms with E-state index in [0.29, 0.717) is 36.0 Å². The summed E-state index contributed by atoms with van der Waals surface area (Å²) in [6, 6.07) is 14.1. The van der Waals surface area contributed by atoms with Crippen LogP contribution >= 0.6 is 0 Å². The SMILES string of the molecule is CC[C@H](C)[C@H](NC(=O)[C@H](Cc1ccccc1)NC(=O)[C@@H](NC(=O)[C@@H](N)Cc1ccccc1)[C@@H](C)CC)C(=O)N[C@@H](Cc1ccccc1)C(=O)N[C@H](C(=O)N[C@@H](CO)C(=O)N[C@H](C(=O)N[C@H](C(=O)N[C@@H](CC(N)=O)C(=O)N[C@@H](Cc1ccccc1)C(=O)N[C@@H](CCC(=O)O)C(=O)N[C@@H](CCCCN)C(=O)N[C@@H](CC(C)C)C(=O)O)[C@@H](C)CC)[C@@H](C)CC)[C@@H](C)CC. The standard InChI is InChI=1S/C90H134N16O19/c1-13-52(8)72(102-77(111)61(92)45-57-32-22-18-23-33-57)85(119)97-65(47-59-36-26-20-27-37-59)82(116)103-73(53(9)14-2)86(120)98-66(48-60-38-28-21-29-39-60)83(117)104-74(54(10)15-3)88(122)101-69(50-107)84(118)105-76(56(12)17-5)89(123)106-75(55(11)16-4)87(121)99-67(49-70(93)108)81(115)96-64(46-58-34-24-19-25-35-58)80(114)95-63(41-42-71(109)110)79(113)94-62(40-30-31-43-91)78(112)100-68(90(124)125)44-51(6)7/h18-29,32-39,51-56,61-69,72-76,107H,13-17,30-31,40-50,91-92H2,1-12H3,(H2,93,108)(H,94,113)(H,95,114)(H,96,115)(H,97,119)(H,98,120)(H,99,121)(H,100,112)(H,101,122)(H,102,111)(H,103,116)(H,104,117)(H,105,118)(H,106,123)(H,109,110)(H,124,125)/t52-,53-,54-,55-,56-,61-,62-,63-,64-,65-,66-,67-,68-,69-,72-,73-,74-,75-,76-/m0/s1. The minimum absolute atomic E-state index is 0.0379. The molecule has 0 unspecified atom stereocenters. The molecule has 0 aliphatic carbocycles. The molecule has 0 saturated heterocycles. The van der Waals surface area contributed by atoms with Gasteiger partial charge in [0.25, 0.3) is 0 Å². The van der Waals surface area contributed by atoms with E-state index in [0.717, 1.165) is 5.56 Å². The van der Waals surface area contributed by atoms with Crippen LogP contribution in [-0.2, 0) is 102 Å². The molecule has 0 aliphatic heterocycles. The molecule has 22 N–H and O–H groups in total. The molecular formula is C90H134N16O19. The number of aliphatic hydroxyl groups is 1. The Kier molecular flexibility index (Phi) is 46.3. The average Bonchev–Trinajstić information content (AvgIpc) is 0.837. The van der Waals surface area contributed by atoms with Gasteiger partial charge in [0.05, 0.1) is 19.1 Å². The Morgan fingerprint density at radius 3 is 0.904 bits per heavy atom. The van der Waals surface area contributed by atoms with Gasteiger partial charge in [0, 0.05) is 25.7 Å². The summed E-state index contributed by atoms with van der Waals surface area (Å²) in [4.78, 5) is 226. The Morgan fingerprint density at radius 1 is 0.320 bits per heavy atom. The zero-order chi connectivity index (χ0) is 93.2. The molecule has 125 heavy (non-hydrogen) atoms. The number of amides is 14. The second kappa shape index (κ2) is 54.8. The maximum Gasteiger partial charge on any atom is 0.326 e. The van der Waals surface area contributed by atoms with E-state index in [1.54, 1.807) is 167 Å². The molecule has 0 bridgehead atoms. The number of aliphatic carboxylic acids is 2. The van der Waals surface area contributed by atoms with Gasteiger partial charge in [-0.3, -0.25) is 71.9 Å².